The molecule has 1 amide bonds. The van der Waals surface area contributed by atoms with Gasteiger partial charge in [-0.3, -0.25) is 19.7 Å². The molecule has 3 rings (SSSR count). The molecule has 2 aromatic rings. The first kappa shape index (κ1) is 15.4. The molecule has 0 fully saturated rings. The van der Waals surface area contributed by atoms with E-state index in [1.165, 1.54) is 24.3 Å². The molecule has 7 heteroatoms. The number of nitro benzene ring substituents is 1. The molecule has 1 aliphatic heterocycles. The Kier molecular flexibility index (Phi) is 3.96. The lowest BCUT2D eigenvalue weighted by Crippen LogP contribution is -2.35. The maximum atomic E-state index is 12.7. The summed E-state index contributed by atoms with van der Waals surface area (Å²) in [7, 11) is 0. The largest absolute Gasteiger partial charge is 0.307 e. The Hall–Kier alpha value is -2.54. The van der Waals surface area contributed by atoms with Gasteiger partial charge in [0.2, 0.25) is 0 Å². The topological polar surface area (TPSA) is 80.5 Å². The normalized spacial score (nSPS) is 13.5. The highest BCUT2D eigenvalue weighted by atomic mass is 32.1. The first-order valence-corrected chi connectivity index (χ1v) is 8.04. The van der Waals surface area contributed by atoms with Crippen LogP contribution >= 0.6 is 11.3 Å². The predicted molar refractivity (Wildman–Crippen MR) is 87.4 cm³/mol. The number of carbonyl (C=O) groups excluding carboxylic acids is 2. The zero-order chi connectivity index (χ0) is 16.6. The molecule has 0 bridgehead atoms. The molecular formula is C16H14N2O4S. The average Bonchev–Trinajstić information content (AvgIpc) is 3.03. The van der Waals surface area contributed by atoms with Gasteiger partial charge in [-0.2, -0.15) is 0 Å². The molecule has 2 heterocycles. The van der Waals surface area contributed by atoms with Gasteiger partial charge < -0.3 is 4.90 Å². The fourth-order valence-corrected chi connectivity index (χ4v) is 3.65. The number of rotatable bonds is 3. The van der Waals surface area contributed by atoms with Crippen molar-refractivity contribution in [3.05, 3.63) is 55.8 Å². The second-order valence-electron chi connectivity index (χ2n) is 5.35. The van der Waals surface area contributed by atoms with Crippen LogP contribution in [-0.4, -0.2) is 23.2 Å². The fourth-order valence-electron chi connectivity index (χ4n) is 2.75. The molecule has 1 aromatic heterocycles. The van der Waals surface area contributed by atoms with Crippen molar-refractivity contribution >= 4 is 34.4 Å². The minimum absolute atomic E-state index is 0.0515. The van der Waals surface area contributed by atoms with E-state index in [0.29, 0.717) is 41.1 Å². The highest BCUT2D eigenvalue weighted by Crippen LogP contribution is 2.35. The van der Waals surface area contributed by atoms with E-state index in [9.17, 15) is 19.7 Å². The molecule has 0 unspecified atom stereocenters. The van der Waals surface area contributed by atoms with E-state index in [4.69, 9.17) is 0 Å². The summed E-state index contributed by atoms with van der Waals surface area (Å²) in [5, 5.41) is 12.8. The van der Waals surface area contributed by atoms with Gasteiger partial charge in [0.1, 0.15) is 0 Å². The van der Waals surface area contributed by atoms with E-state index < -0.39 is 4.92 Å². The van der Waals surface area contributed by atoms with Crippen LogP contribution in [0.2, 0.25) is 0 Å². The maximum absolute atomic E-state index is 12.7. The number of hydrogen-bond acceptors (Lipinski definition) is 5. The molecule has 6 nitrogen and oxygen atoms in total. The van der Waals surface area contributed by atoms with E-state index in [-0.39, 0.29) is 17.4 Å². The minimum atomic E-state index is -0.411. The average molecular weight is 330 g/mol. The van der Waals surface area contributed by atoms with Gasteiger partial charge in [0.05, 0.1) is 21.1 Å². The quantitative estimate of drug-likeness (QED) is 0.490. The molecular weight excluding hydrogens is 316 g/mol. The summed E-state index contributed by atoms with van der Waals surface area (Å²) in [5.41, 5.74) is 1.75. The van der Waals surface area contributed by atoms with Crippen molar-refractivity contribution in [1.29, 1.82) is 0 Å². The van der Waals surface area contributed by atoms with Crippen LogP contribution < -0.4 is 4.90 Å². The lowest BCUT2D eigenvalue weighted by molar-refractivity contribution is -0.385. The highest BCUT2D eigenvalue weighted by Gasteiger charge is 2.29. The van der Waals surface area contributed by atoms with Gasteiger partial charge in [0.15, 0.2) is 5.78 Å². The lowest BCUT2D eigenvalue weighted by Gasteiger charge is -2.28. The Bertz CT molecular complexity index is 812. The van der Waals surface area contributed by atoms with Crippen molar-refractivity contribution in [3.8, 4) is 0 Å². The van der Waals surface area contributed by atoms with E-state index >= 15 is 0 Å². The first-order chi connectivity index (χ1) is 11.0. The van der Waals surface area contributed by atoms with Crippen molar-refractivity contribution in [2.45, 2.75) is 19.8 Å². The summed E-state index contributed by atoms with van der Waals surface area (Å²) in [6.45, 7) is 1.97. The Morgan fingerprint density at radius 1 is 1.35 bits per heavy atom. The summed E-state index contributed by atoms with van der Waals surface area (Å²) < 4.78 is 0. The zero-order valence-electron chi connectivity index (χ0n) is 12.4. The molecule has 1 aromatic carbocycles. The van der Waals surface area contributed by atoms with Crippen LogP contribution in [0.4, 0.5) is 11.4 Å². The number of Topliss-reactive ketones (excluding diaryl/α,β-unsaturated/α-hetero) is 1. The monoisotopic (exact) mass is 330 g/mol. The van der Waals surface area contributed by atoms with Gasteiger partial charge in [0.25, 0.3) is 11.6 Å². The van der Waals surface area contributed by atoms with Crippen LogP contribution in [0, 0.1) is 10.1 Å². The Labute approximate surface area is 136 Å². The van der Waals surface area contributed by atoms with Crippen molar-refractivity contribution in [3.63, 3.8) is 0 Å². The van der Waals surface area contributed by atoms with E-state index in [2.05, 4.69) is 0 Å². The van der Waals surface area contributed by atoms with Crippen LogP contribution in [0.25, 0.3) is 0 Å². The van der Waals surface area contributed by atoms with Crippen molar-refractivity contribution < 1.29 is 14.5 Å². The Balaban J connectivity index is 1.99. The first-order valence-electron chi connectivity index (χ1n) is 7.16. The van der Waals surface area contributed by atoms with Crippen molar-refractivity contribution in [1.82, 2.24) is 0 Å². The summed E-state index contributed by atoms with van der Waals surface area (Å²) in [5.74, 6) is -0.307. The molecule has 0 spiro atoms. The van der Waals surface area contributed by atoms with Gasteiger partial charge in [-0.1, -0.05) is 6.07 Å². The minimum Gasteiger partial charge on any atom is -0.307 e. The third kappa shape index (κ3) is 2.75. The summed E-state index contributed by atoms with van der Waals surface area (Å²) in [4.78, 5) is 36.9. The zero-order valence-corrected chi connectivity index (χ0v) is 13.3. The van der Waals surface area contributed by atoms with Gasteiger partial charge >= 0.3 is 0 Å². The number of benzene rings is 1. The Morgan fingerprint density at radius 2 is 2.13 bits per heavy atom. The van der Waals surface area contributed by atoms with Gasteiger partial charge in [-0.25, -0.2) is 0 Å². The summed E-state index contributed by atoms with van der Waals surface area (Å²) >= 11 is 1.22. The second kappa shape index (κ2) is 5.92. The van der Waals surface area contributed by atoms with E-state index in [1.54, 1.807) is 28.5 Å². The van der Waals surface area contributed by atoms with Crippen LogP contribution in [0.5, 0.6) is 0 Å². The van der Waals surface area contributed by atoms with Gasteiger partial charge in [-0.05, 0) is 31.9 Å². The van der Waals surface area contributed by atoms with E-state index in [1.807, 2.05) is 0 Å². The number of thiophene rings is 1. The number of fused-ring (bicyclic) bond motifs is 1. The maximum Gasteiger partial charge on any atom is 0.274 e. The van der Waals surface area contributed by atoms with Crippen molar-refractivity contribution in [2.75, 3.05) is 11.4 Å². The van der Waals surface area contributed by atoms with Gasteiger partial charge in [-0.15, -0.1) is 11.3 Å². The number of carbonyl (C=O) groups is 2. The third-order valence-electron chi connectivity index (χ3n) is 3.88. The molecule has 118 valence electrons. The standard InChI is InChI=1S/C16H14N2O4S/c1-10(19)11-8-15(23-9-11)16(20)17-7-3-4-12-13(17)5-2-6-14(12)18(21)22/h2,5-6,8-9H,3-4,7H2,1H3. The number of nitrogens with zero attached hydrogens (tertiary/aromatic N) is 2. The molecule has 0 N–H and O–H groups in total. The van der Waals surface area contributed by atoms with Crippen LogP contribution in [0.1, 0.15) is 38.9 Å². The number of amides is 1. The number of hydrogen-bond donors (Lipinski definition) is 0. The predicted octanol–water partition coefficient (Wildman–Crippen LogP) is 3.45. The smallest absolute Gasteiger partial charge is 0.274 e. The Morgan fingerprint density at radius 3 is 2.78 bits per heavy atom. The second-order valence-corrected chi connectivity index (χ2v) is 6.26. The summed E-state index contributed by atoms with van der Waals surface area (Å²) in [6, 6.07) is 6.38. The molecule has 0 atom stereocenters. The number of nitro groups is 1. The lowest BCUT2D eigenvalue weighted by atomic mass is 9.99. The fraction of sp³-hybridized carbons (Fsp3) is 0.250. The molecule has 0 radical (unpaired) electrons. The number of anilines is 1. The molecule has 0 saturated carbocycles. The van der Waals surface area contributed by atoms with Crippen molar-refractivity contribution in [2.24, 2.45) is 0 Å². The number of ketones is 1. The molecule has 23 heavy (non-hydrogen) atoms. The van der Waals surface area contributed by atoms with Gasteiger partial charge in [0, 0.05) is 23.6 Å². The third-order valence-corrected chi connectivity index (χ3v) is 4.80. The van der Waals surface area contributed by atoms with Crippen LogP contribution in [0.3, 0.4) is 0 Å². The SMILES string of the molecule is CC(=O)c1csc(C(=O)N2CCCc3c2cccc3[N+](=O)[O-])c1. The van der Waals surface area contributed by atoms with Crippen LogP contribution in [-0.2, 0) is 6.42 Å². The molecule has 0 saturated heterocycles. The summed E-state index contributed by atoms with van der Waals surface area (Å²) in [6.07, 6.45) is 1.26. The molecule has 1 aliphatic rings. The molecule has 0 aliphatic carbocycles. The van der Waals surface area contributed by atoms with E-state index in [0.717, 1.165) is 0 Å². The van der Waals surface area contributed by atoms with Crippen LogP contribution in [0.15, 0.2) is 29.6 Å². The highest BCUT2D eigenvalue weighted by molar-refractivity contribution is 7.12.